The van der Waals surface area contributed by atoms with Crippen molar-refractivity contribution in [1.82, 2.24) is 19.5 Å². The molecule has 0 fully saturated rings. The van der Waals surface area contributed by atoms with Crippen molar-refractivity contribution in [2.24, 2.45) is 0 Å². The molecule has 62 heavy (non-hydrogen) atoms. The first kappa shape index (κ1) is 35.5. The van der Waals surface area contributed by atoms with Crippen LogP contribution in [0, 0.1) is 0 Å². The summed E-state index contributed by atoms with van der Waals surface area (Å²) in [5, 5.41) is 4.44. The molecule has 290 valence electrons. The zero-order chi connectivity index (χ0) is 41.0. The average Bonchev–Trinajstić information content (AvgIpc) is 3.89. The molecule has 5 heteroatoms. The first-order valence-corrected chi connectivity index (χ1v) is 20.8. The lowest BCUT2D eigenvalue weighted by molar-refractivity contribution is 0.670. The first-order valence-electron chi connectivity index (χ1n) is 20.8. The summed E-state index contributed by atoms with van der Waals surface area (Å²) >= 11 is 0. The SMILES string of the molecule is c1ccc(-c2ccc3c4ccc(-c5ccccc5)cc4n(-c4cc(-c5ccccc5)c5oc6cc(-c7nc(-c8ccccc8)nc(-c8ccccc8)n7)ccc6c5c4)c3c2)cc1. The van der Waals surface area contributed by atoms with Gasteiger partial charge in [-0.05, 0) is 64.2 Å². The molecule has 0 aliphatic carbocycles. The van der Waals surface area contributed by atoms with Gasteiger partial charge in [0.2, 0.25) is 0 Å². The van der Waals surface area contributed by atoms with E-state index in [9.17, 15) is 0 Å². The van der Waals surface area contributed by atoms with Gasteiger partial charge in [-0.15, -0.1) is 0 Å². The molecule has 5 nitrogen and oxygen atoms in total. The van der Waals surface area contributed by atoms with Gasteiger partial charge in [-0.2, -0.15) is 0 Å². The molecule has 0 bridgehead atoms. The zero-order valence-corrected chi connectivity index (χ0v) is 33.5. The van der Waals surface area contributed by atoms with E-state index in [1.54, 1.807) is 0 Å². The van der Waals surface area contributed by atoms with Crippen LogP contribution in [-0.4, -0.2) is 19.5 Å². The Morgan fingerprint density at radius 3 is 1.23 bits per heavy atom. The van der Waals surface area contributed by atoms with Crippen LogP contribution >= 0.6 is 0 Å². The number of hydrogen-bond donors (Lipinski definition) is 0. The van der Waals surface area contributed by atoms with Crippen LogP contribution in [0.1, 0.15) is 0 Å². The normalized spacial score (nSPS) is 11.5. The predicted molar refractivity (Wildman–Crippen MR) is 254 cm³/mol. The lowest BCUT2D eigenvalue weighted by Gasteiger charge is -2.13. The topological polar surface area (TPSA) is 56.7 Å². The summed E-state index contributed by atoms with van der Waals surface area (Å²) in [7, 11) is 0. The van der Waals surface area contributed by atoms with Crippen LogP contribution in [0.15, 0.2) is 223 Å². The Kier molecular flexibility index (Phi) is 8.42. The van der Waals surface area contributed by atoms with E-state index in [4.69, 9.17) is 19.4 Å². The van der Waals surface area contributed by atoms with E-state index in [1.165, 1.54) is 33.0 Å². The van der Waals surface area contributed by atoms with Crippen molar-refractivity contribution in [3.63, 3.8) is 0 Å². The third-order valence-electron chi connectivity index (χ3n) is 11.8. The zero-order valence-electron chi connectivity index (χ0n) is 33.5. The number of rotatable bonds is 7. The molecule has 12 aromatic rings. The van der Waals surface area contributed by atoms with E-state index >= 15 is 0 Å². The highest BCUT2D eigenvalue weighted by Crippen LogP contribution is 2.43. The molecule has 0 saturated heterocycles. The maximum absolute atomic E-state index is 6.95. The first-order chi connectivity index (χ1) is 30.7. The van der Waals surface area contributed by atoms with Crippen molar-refractivity contribution in [1.29, 1.82) is 0 Å². The molecule has 0 amide bonds. The Bertz CT molecular complexity index is 3450. The molecule has 0 saturated carbocycles. The van der Waals surface area contributed by atoms with E-state index in [2.05, 4.69) is 162 Å². The summed E-state index contributed by atoms with van der Waals surface area (Å²) in [5.74, 6) is 1.82. The maximum atomic E-state index is 6.95. The molecular formula is C57H36N4O. The maximum Gasteiger partial charge on any atom is 0.164 e. The van der Waals surface area contributed by atoms with Gasteiger partial charge in [0.15, 0.2) is 17.5 Å². The lowest BCUT2D eigenvalue weighted by Crippen LogP contribution is -2.00. The van der Waals surface area contributed by atoms with Crippen LogP contribution in [0.2, 0.25) is 0 Å². The van der Waals surface area contributed by atoms with Crippen molar-refractivity contribution in [2.45, 2.75) is 0 Å². The molecule has 0 radical (unpaired) electrons. The lowest BCUT2D eigenvalue weighted by atomic mass is 10.0. The number of hydrogen-bond acceptors (Lipinski definition) is 4. The van der Waals surface area contributed by atoms with Crippen molar-refractivity contribution in [2.75, 3.05) is 0 Å². The summed E-state index contributed by atoms with van der Waals surface area (Å²) in [4.78, 5) is 15.0. The van der Waals surface area contributed by atoms with Gasteiger partial charge >= 0.3 is 0 Å². The summed E-state index contributed by atoms with van der Waals surface area (Å²) in [6, 6.07) is 76.5. The van der Waals surface area contributed by atoms with Gasteiger partial charge in [0.25, 0.3) is 0 Å². The minimum absolute atomic E-state index is 0.581. The summed E-state index contributed by atoms with van der Waals surface area (Å²) in [6.45, 7) is 0. The van der Waals surface area contributed by atoms with Crippen molar-refractivity contribution < 1.29 is 4.42 Å². The molecule has 0 N–H and O–H groups in total. The predicted octanol–water partition coefficient (Wildman–Crippen LogP) is 14.9. The molecule has 3 aromatic heterocycles. The molecule has 0 aliphatic rings. The third-order valence-corrected chi connectivity index (χ3v) is 11.8. The van der Waals surface area contributed by atoms with E-state index in [1.807, 2.05) is 60.7 Å². The van der Waals surface area contributed by atoms with Crippen molar-refractivity contribution in [3.8, 4) is 73.2 Å². The summed E-state index contributed by atoms with van der Waals surface area (Å²) in [6.07, 6.45) is 0. The molecule has 3 heterocycles. The Morgan fingerprint density at radius 1 is 0.306 bits per heavy atom. The van der Waals surface area contributed by atoms with Gasteiger partial charge in [0.05, 0.1) is 11.0 Å². The molecule has 0 spiro atoms. The molecule has 12 rings (SSSR count). The van der Waals surface area contributed by atoms with E-state index in [-0.39, 0.29) is 0 Å². The number of nitrogens with zero attached hydrogens (tertiary/aromatic N) is 4. The fourth-order valence-corrected chi connectivity index (χ4v) is 8.82. The Hall–Kier alpha value is -8.41. The minimum atomic E-state index is 0.581. The second-order valence-corrected chi connectivity index (χ2v) is 15.6. The van der Waals surface area contributed by atoms with Crippen LogP contribution in [0.25, 0.3) is 117 Å². The Labute approximate surface area is 357 Å². The van der Waals surface area contributed by atoms with Gasteiger partial charge < -0.3 is 8.98 Å². The number of benzene rings is 9. The van der Waals surface area contributed by atoms with E-state index in [0.717, 1.165) is 66.5 Å². The van der Waals surface area contributed by atoms with Gasteiger partial charge in [-0.3, -0.25) is 0 Å². The van der Waals surface area contributed by atoms with Crippen molar-refractivity contribution >= 4 is 43.7 Å². The standard InChI is InChI=1S/C57H36N4O/c1-6-16-37(17-7-1)42-26-29-46-47-30-27-43(38-18-8-2-9-19-38)33-52(47)61(51(46)32-42)45-35-49(39-20-10-3-11-21-39)54-50(36-45)48-31-28-44(34-53(48)62-54)57-59-55(40-22-12-4-13-23-40)58-56(60-57)41-24-14-5-15-25-41/h1-36H. The van der Waals surface area contributed by atoms with Crippen LogP contribution < -0.4 is 0 Å². The molecule has 0 aliphatic heterocycles. The van der Waals surface area contributed by atoms with Gasteiger partial charge in [-0.25, -0.2) is 15.0 Å². The molecular weight excluding hydrogens is 757 g/mol. The summed E-state index contributed by atoms with van der Waals surface area (Å²) in [5.41, 5.74) is 14.4. The Balaban J connectivity index is 1.10. The monoisotopic (exact) mass is 792 g/mol. The average molecular weight is 793 g/mol. The smallest absolute Gasteiger partial charge is 0.164 e. The summed E-state index contributed by atoms with van der Waals surface area (Å²) < 4.78 is 9.38. The second-order valence-electron chi connectivity index (χ2n) is 15.6. The fraction of sp³-hybridized carbons (Fsp3) is 0. The van der Waals surface area contributed by atoms with E-state index in [0.29, 0.717) is 17.5 Å². The fourth-order valence-electron chi connectivity index (χ4n) is 8.82. The van der Waals surface area contributed by atoms with Gasteiger partial charge in [0, 0.05) is 49.5 Å². The second kappa shape index (κ2) is 14.7. The quantitative estimate of drug-likeness (QED) is 0.161. The highest BCUT2D eigenvalue weighted by atomic mass is 16.3. The number of furan rings is 1. The van der Waals surface area contributed by atoms with Gasteiger partial charge in [-0.1, -0.05) is 182 Å². The highest BCUT2D eigenvalue weighted by Gasteiger charge is 2.21. The Morgan fingerprint density at radius 2 is 0.726 bits per heavy atom. The molecule has 0 atom stereocenters. The molecule has 9 aromatic carbocycles. The number of aromatic nitrogens is 4. The van der Waals surface area contributed by atoms with Gasteiger partial charge in [0.1, 0.15) is 11.2 Å². The van der Waals surface area contributed by atoms with Crippen LogP contribution in [0.3, 0.4) is 0 Å². The van der Waals surface area contributed by atoms with Crippen molar-refractivity contribution in [3.05, 3.63) is 218 Å². The molecule has 0 unspecified atom stereocenters. The van der Waals surface area contributed by atoms with Crippen LogP contribution in [-0.2, 0) is 0 Å². The third kappa shape index (κ3) is 6.14. The van der Waals surface area contributed by atoms with Crippen LogP contribution in [0.4, 0.5) is 0 Å². The highest BCUT2D eigenvalue weighted by molar-refractivity contribution is 6.14. The largest absolute Gasteiger partial charge is 0.455 e. The number of fused-ring (bicyclic) bond motifs is 6. The minimum Gasteiger partial charge on any atom is -0.455 e. The van der Waals surface area contributed by atoms with Crippen LogP contribution in [0.5, 0.6) is 0 Å². The van der Waals surface area contributed by atoms with E-state index < -0.39 is 0 Å².